The Balaban J connectivity index is 1.36. The van der Waals surface area contributed by atoms with E-state index in [0.29, 0.717) is 0 Å². The second-order valence-corrected chi connectivity index (χ2v) is 18.2. The van der Waals surface area contributed by atoms with E-state index in [2.05, 4.69) is 26.9 Å². The van der Waals surface area contributed by atoms with Crippen LogP contribution >= 0.6 is 0 Å². The molecule has 5 saturated carbocycles. The van der Waals surface area contributed by atoms with Gasteiger partial charge >= 0.3 is 0 Å². The van der Waals surface area contributed by atoms with Crippen molar-refractivity contribution in [1.82, 2.24) is 0 Å². The SMILES string of the molecule is CCC(C)C1CC([Si](C)(C)C2CCC3C4CCCCC4CCC32)C2CCCCC12. The van der Waals surface area contributed by atoms with Crippen molar-refractivity contribution < 1.29 is 0 Å². The molecule has 0 saturated heterocycles. The average Bonchev–Trinajstić information content (AvgIpc) is 3.36. The Morgan fingerprint density at radius 1 is 0.655 bits per heavy atom. The van der Waals surface area contributed by atoms with Crippen molar-refractivity contribution in [3.8, 4) is 0 Å². The van der Waals surface area contributed by atoms with Crippen LogP contribution in [0.3, 0.4) is 0 Å². The second kappa shape index (κ2) is 8.29. The van der Waals surface area contributed by atoms with Gasteiger partial charge in [-0.2, -0.15) is 0 Å². The molecule has 10 unspecified atom stereocenters. The molecule has 0 N–H and O–H groups in total. The van der Waals surface area contributed by atoms with Gasteiger partial charge in [0.25, 0.3) is 0 Å². The van der Waals surface area contributed by atoms with Gasteiger partial charge in [-0.3, -0.25) is 0 Å². The first kappa shape index (κ1) is 21.1. The maximum atomic E-state index is 2.91. The summed E-state index contributed by atoms with van der Waals surface area (Å²) in [5.41, 5.74) is 2.35. The summed E-state index contributed by atoms with van der Waals surface area (Å²) in [4.78, 5) is 0. The fourth-order valence-corrected chi connectivity index (χ4v) is 15.9. The minimum atomic E-state index is -1.21. The minimum absolute atomic E-state index is 0.976. The summed E-state index contributed by atoms with van der Waals surface area (Å²) in [5.74, 6) is 8.89. The zero-order valence-corrected chi connectivity index (χ0v) is 21.2. The van der Waals surface area contributed by atoms with E-state index in [1.807, 2.05) is 0 Å². The third kappa shape index (κ3) is 3.52. The van der Waals surface area contributed by atoms with Crippen molar-refractivity contribution in [3.63, 3.8) is 0 Å². The van der Waals surface area contributed by atoms with E-state index in [1.165, 1.54) is 17.5 Å². The molecular weight excluding hydrogens is 364 g/mol. The van der Waals surface area contributed by atoms with E-state index in [4.69, 9.17) is 0 Å². The van der Waals surface area contributed by atoms with Crippen LogP contribution in [0.2, 0.25) is 24.2 Å². The smallest absolute Gasteiger partial charge is 0.0541 e. The van der Waals surface area contributed by atoms with Crippen LogP contribution in [0.25, 0.3) is 0 Å². The number of rotatable bonds is 4. The summed E-state index contributed by atoms with van der Waals surface area (Å²) in [6.07, 6.45) is 22.1. The first-order valence-electron chi connectivity index (χ1n) is 14.0. The topological polar surface area (TPSA) is 0 Å². The van der Waals surface area contributed by atoms with Crippen LogP contribution in [-0.2, 0) is 0 Å². The van der Waals surface area contributed by atoms with Crippen LogP contribution < -0.4 is 0 Å². The Kier molecular flexibility index (Phi) is 6.03. The molecule has 10 atom stereocenters. The van der Waals surface area contributed by atoms with E-state index < -0.39 is 8.07 Å². The molecule has 0 aromatic carbocycles. The summed E-state index contributed by atoms with van der Waals surface area (Å²) in [6.45, 7) is 10.9. The lowest BCUT2D eigenvalue weighted by atomic mass is 9.62. The van der Waals surface area contributed by atoms with Crippen LogP contribution in [0.4, 0.5) is 0 Å². The van der Waals surface area contributed by atoms with Gasteiger partial charge in [0.2, 0.25) is 0 Å². The molecule has 5 aliphatic carbocycles. The average molecular weight is 415 g/mol. The molecular formula is C28H50Si. The standard InChI is InChI=1S/C28H50Si/c1-5-19(2)26-18-28(24-13-9-8-12-22(24)26)29(3,4)27-17-16-23-21-11-7-6-10-20(21)14-15-25(23)27/h19-28H,5-18H2,1-4H3. The fourth-order valence-electron chi connectivity index (χ4n) is 10.5. The van der Waals surface area contributed by atoms with Gasteiger partial charge in [0.05, 0.1) is 8.07 Å². The Morgan fingerprint density at radius 2 is 1.28 bits per heavy atom. The summed E-state index contributed by atoms with van der Waals surface area (Å²) in [6, 6.07) is 0. The lowest BCUT2D eigenvalue weighted by molar-refractivity contribution is 0.0721. The van der Waals surface area contributed by atoms with Crippen molar-refractivity contribution in [1.29, 1.82) is 0 Å². The Labute approximate surface area is 183 Å². The van der Waals surface area contributed by atoms with Crippen molar-refractivity contribution in [3.05, 3.63) is 0 Å². The summed E-state index contributed by atoms with van der Waals surface area (Å²) < 4.78 is 0. The van der Waals surface area contributed by atoms with Gasteiger partial charge in [0, 0.05) is 0 Å². The normalized spacial score (nSPS) is 48.6. The van der Waals surface area contributed by atoms with Crippen molar-refractivity contribution in [2.24, 2.45) is 47.3 Å². The molecule has 0 aromatic rings. The van der Waals surface area contributed by atoms with Gasteiger partial charge in [-0.25, -0.2) is 0 Å². The number of hydrogen-bond acceptors (Lipinski definition) is 0. The molecule has 29 heavy (non-hydrogen) atoms. The Bertz CT molecular complexity index is 567. The third-order valence-corrected chi connectivity index (χ3v) is 17.2. The third-order valence-electron chi connectivity index (χ3n) is 12.0. The monoisotopic (exact) mass is 414 g/mol. The van der Waals surface area contributed by atoms with Crippen LogP contribution in [0.15, 0.2) is 0 Å². The van der Waals surface area contributed by atoms with Gasteiger partial charge in [0.15, 0.2) is 0 Å². The molecule has 0 spiro atoms. The number of fused-ring (bicyclic) bond motifs is 4. The molecule has 0 aromatic heterocycles. The molecule has 0 bridgehead atoms. The maximum Gasteiger partial charge on any atom is 0.0541 e. The van der Waals surface area contributed by atoms with Crippen LogP contribution in [0.1, 0.15) is 104 Å². The largest absolute Gasteiger partial charge is 0.0689 e. The molecule has 166 valence electrons. The molecule has 0 nitrogen and oxygen atoms in total. The molecule has 0 amide bonds. The first-order chi connectivity index (χ1) is 14.0. The van der Waals surface area contributed by atoms with Gasteiger partial charge in [-0.1, -0.05) is 78.3 Å². The highest BCUT2D eigenvalue weighted by atomic mass is 28.3. The molecule has 1 heteroatoms. The van der Waals surface area contributed by atoms with E-state index in [1.54, 1.807) is 83.5 Å². The number of hydrogen-bond donors (Lipinski definition) is 0. The molecule has 0 aliphatic heterocycles. The minimum Gasteiger partial charge on any atom is -0.0689 e. The Hall–Kier alpha value is 0.217. The van der Waals surface area contributed by atoms with Crippen LogP contribution in [-0.4, -0.2) is 8.07 Å². The predicted molar refractivity (Wildman–Crippen MR) is 129 cm³/mol. The maximum absolute atomic E-state index is 2.91. The lowest BCUT2D eigenvalue weighted by Crippen LogP contribution is -2.45. The van der Waals surface area contributed by atoms with Crippen LogP contribution in [0.5, 0.6) is 0 Å². The van der Waals surface area contributed by atoms with Crippen molar-refractivity contribution in [2.45, 2.75) is 128 Å². The fraction of sp³-hybridized carbons (Fsp3) is 1.00. The highest BCUT2D eigenvalue weighted by Crippen LogP contribution is 2.65. The summed E-state index contributed by atoms with van der Waals surface area (Å²) >= 11 is 0. The van der Waals surface area contributed by atoms with Gasteiger partial charge < -0.3 is 0 Å². The summed E-state index contributed by atoms with van der Waals surface area (Å²) in [7, 11) is -1.21. The van der Waals surface area contributed by atoms with E-state index in [-0.39, 0.29) is 0 Å². The highest BCUT2D eigenvalue weighted by molar-refractivity contribution is 6.80. The molecule has 0 radical (unpaired) electrons. The van der Waals surface area contributed by atoms with Gasteiger partial charge in [0.1, 0.15) is 0 Å². The van der Waals surface area contributed by atoms with E-state index in [0.717, 1.165) is 47.3 Å². The van der Waals surface area contributed by atoms with Gasteiger partial charge in [-0.05, 0) is 97.0 Å². The highest BCUT2D eigenvalue weighted by Gasteiger charge is 2.57. The molecule has 5 aliphatic rings. The van der Waals surface area contributed by atoms with Crippen molar-refractivity contribution >= 4 is 8.07 Å². The quantitative estimate of drug-likeness (QED) is 0.403. The van der Waals surface area contributed by atoms with E-state index >= 15 is 0 Å². The second-order valence-electron chi connectivity index (χ2n) is 13.1. The van der Waals surface area contributed by atoms with E-state index in [9.17, 15) is 0 Å². The first-order valence-corrected chi connectivity index (χ1v) is 17.2. The zero-order valence-electron chi connectivity index (χ0n) is 20.2. The van der Waals surface area contributed by atoms with Gasteiger partial charge in [-0.15, -0.1) is 0 Å². The summed E-state index contributed by atoms with van der Waals surface area (Å²) in [5, 5.41) is 0. The zero-order chi connectivity index (χ0) is 20.2. The van der Waals surface area contributed by atoms with Crippen molar-refractivity contribution in [2.75, 3.05) is 0 Å². The lowest BCUT2D eigenvalue weighted by Gasteiger charge is -2.48. The predicted octanol–water partition coefficient (Wildman–Crippen LogP) is 8.93. The molecule has 5 fully saturated rings. The Morgan fingerprint density at radius 3 is 2.03 bits per heavy atom. The molecule has 0 heterocycles. The molecule has 5 rings (SSSR count). The van der Waals surface area contributed by atoms with Crippen LogP contribution in [0, 0.1) is 47.3 Å².